The molecule has 0 saturated carbocycles. The highest BCUT2D eigenvalue weighted by molar-refractivity contribution is 6.31. The van der Waals surface area contributed by atoms with E-state index in [9.17, 15) is 13.2 Å². The van der Waals surface area contributed by atoms with E-state index in [0.717, 1.165) is 0 Å². The Hall–Kier alpha value is -1.39. The Morgan fingerprint density at radius 2 is 1.86 bits per heavy atom. The largest absolute Gasteiger partial charge is 0.522 e. The number of hydrogen-bond donors (Lipinski definition) is 1. The number of hydrogen-bond acceptors (Lipinski definition) is 7. The maximum Gasteiger partial charge on any atom is 0.522 e. The van der Waals surface area contributed by atoms with Gasteiger partial charge in [0.1, 0.15) is 0 Å². The van der Waals surface area contributed by atoms with Gasteiger partial charge in [0.15, 0.2) is 11.0 Å². The van der Waals surface area contributed by atoms with Gasteiger partial charge in [-0.15, -0.1) is 23.4 Å². The molecule has 7 nitrogen and oxygen atoms in total. The van der Waals surface area contributed by atoms with E-state index in [0.29, 0.717) is 32.1 Å². The molecule has 1 aromatic heterocycles. The third-order valence-electron chi connectivity index (χ3n) is 2.99. The number of rotatable bonds is 4. The molecule has 21 heavy (non-hydrogen) atoms. The number of nitrogen functional groups attached to an aromatic ring is 1. The lowest BCUT2D eigenvalue weighted by atomic mass is 10.3. The van der Waals surface area contributed by atoms with Crippen molar-refractivity contribution < 1.29 is 17.9 Å². The molecule has 0 bridgehead atoms. The lowest BCUT2D eigenvalue weighted by Gasteiger charge is -2.34. The molecule has 0 aliphatic carbocycles. The van der Waals surface area contributed by atoms with Gasteiger partial charge in [0.25, 0.3) is 0 Å². The van der Waals surface area contributed by atoms with Gasteiger partial charge in [0.2, 0.25) is 5.95 Å². The topological polar surface area (TPSA) is 80.4 Å². The van der Waals surface area contributed by atoms with E-state index < -0.39 is 6.36 Å². The standard InChI is InChI=1S/C10H14ClF3N6O/c11-7-8(15)16-9(18-17-7)20-3-1-19(2-4-20)5-6-21-10(12,13)14/h1-6H2,(H2,15,16,18). The van der Waals surface area contributed by atoms with E-state index in [4.69, 9.17) is 17.3 Å². The molecule has 11 heteroatoms. The summed E-state index contributed by atoms with van der Waals surface area (Å²) in [7, 11) is 0. The maximum atomic E-state index is 11.9. The van der Waals surface area contributed by atoms with E-state index in [1.807, 2.05) is 9.80 Å². The smallest absolute Gasteiger partial charge is 0.381 e. The molecule has 0 aromatic carbocycles. The summed E-state index contributed by atoms with van der Waals surface area (Å²) >= 11 is 5.64. The Morgan fingerprint density at radius 3 is 2.43 bits per heavy atom. The maximum absolute atomic E-state index is 11.9. The average molecular weight is 327 g/mol. The Morgan fingerprint density at radius 1 is 1.19 bits per heavy atom. The minimum absolute atomic E-state index is 0.0432. The molecule has 0 spiro atoms. The third-order valence-corrected chi connectivity index (χ3v) is 3.26. The summed E-state index contributed by atoms with van der Waals surface area (Å²) < 4.78 is 39.4. The van der Waals surface area contributed by atoms with Crippen molar-refractivity contribution in [2.45, 2.75) is 6.36 Å². The zero-order chi connectivity index (χ0) is 15.5. The first-order valence-corrected chi connectivity index (χ1v) is 6.56. The number of anilines is 2. The summed E-state index contributed by atoms with van der Waals surface area (Å²) in [5.74, 6) is 0.464. The van der Waals surface area contributed by atoms with Crippen LogP contribution < -0.4 is 10.6 Å². The van der Waals surface area contributed by atoms with Crippen LogP contribution in [-0.2, 0) is 4.74 Å². The van der Waals surface area contributed by atoms with Crippen LogP contribution in [0, 0.1) is 0 Å². The van der Waals surface area contributed by atoms with Crippen LogP contribution in [0.15, 0.2) is 0 Å². The van der Waals surface area contributed by atoms with Gasteiger partial charge in [0, 0.05) is 32.7 Å². The van der Waals surface area contributed by atoms with Crippen molar-refractivity contribution in [2.75, 3.05) is 50.0 Å². The predicted octanol–water partition coefficient (Wildman–Crippen LogP) is 0.766. The van der Waals surface area contributed by atoms with Crippen LogP contribution in [0.25, 0.3) is 0 Å². The first kappa shape index (κ1) is 16.0. The molecule has 2 heterocycles. The SMILES string of the molecule is Nc1nc(N2CCN(CCOC(F)(F)F)CC2)nnc1Cl. The Kier molecular flexibility index (Phi) is 5.01. The van der Waals surface area contributed by atoms with Gasteiger partial charge in [-0.1, -0.05) is 11.6 Å². The van der Waals surface area contributed by atoms with Crippen LogP contribution in [0.5, 0.6) is 0 Å². The van der Waals surface area contributed by atoms with Crippen LogP contribution in [-0.4, -0.2) is 65.8 Å². The number of aromatic nitrogens is 3. The van der Waals surface area contributed by atoms with Gasteiger partial charge in [-0.2, -0.15) is 4.98 Å². The van der Waals surface area contributed by atoms with Gasteiger partial charge < -0.3 is 10.6 Å². The van der Waals surface area contributed by atoms with Gasteiger partial charge in [-0.05, 0) is 0 Å². The number of halogens is 4. The zero-order valence-corrected chi connectivity index (χ0v) is 11.7. The van der Waals surface area contributed by atoms with Crippen LogP contribution >= 0.6 is 11.6 Å². The molecular weight excluding hydrogens is 313 g/mol. The molecule has 2 N–H and O–H groups in total. The lowest BCUT2D eigenvalue weighted by molar-refractivity contribution is -0.325. The Balaban J connectivity index is 1.79. The minimum atomic E-state index is -4.58. The molecule has 1 fully saturated rings. The molecule has 1 aromatic rings. The number of nitrogens with zero attached hydrogens (tertiary/aromatic N) is 5. The second-order valence-corrected chi connectivity index (χ2v) is 4.77. The Bertz CT molecular complexity index is 480. The van der Waals surface area contributed by atoms with Crippen LogP contribution in [0.2, 0.25) is 5.15 Å². The lowest BCUT2D eigenvalue weighted by Crippen LogP contribution is -2.48. The van der Waals surface area contributed by atoms with E-state index in [1.165, 1.54) is 0 Å². The number of alkyl halides is 3. The second kappa shape index (κ2) is 6.58. The normalized spacial score (nSPS) is 17.2. The monoisotopic (exact) mass is 326 g/mol. The quantitative estimate of drug-likeness (QED) is 0.875. The first-order valence-electron chi connectivity index (χ1n) is 6.19. The highest BCUT2D eigenvalue weighted by atomic mass is 35.5. The zero-order valence-electron chi connectivity index (χ0n) is 11.0. The van der Waals surface area contributed by atoms with Crippen LogP contribution in [0.4, 0.5) is 24.9 Å². The van der Waals surface area contributed by atoms with Crippen molar-refractivity contribution in [2.24, 2.45) is 0 Å². The van der Waals surface area contributed by atoms with Gasteiger partial charge in [-0.25, -0.2) is 0 Å². The Labute approximate surface area is 123 Å². The molecule has 0 unspecified atom stereocenters. The summed E-state index contributed by atoms with van der Waals surface area (Å²) in [6, 6.07) is 0. The molecule has 2 rings (SSSR count). The van der Waals surface area contributed by atoms with Crippen molar-refractivity contribution in [3.8, 4) is 0 Å². The number of nitrogens with two attached hydrogens (primary N) is 1. The third kappa shape index (κ3) is 4.83. The van der Waals surface area contributed by atoms with Crippen molar-refractivity contribution >= 4 is 23.4 Å². The van der Waals surface area contributed by atoms with Crippen molar-refractivity contribution in [1.29, 1.82) is 0 Å². The molecule has 1 saturated heterocycles. The summed E-state index contributed by atoms with van der Waals surface area (Å²) in [6.45, 7) is 2.12. The van der Waals surface area contributed by atoms with Crippen LogP contribution in [0.3, 0.4) is 0 Å². The molecule has 0 atom stereocenters. The highest BCUT2D eigenvalue weighted by Crippen LogP contribution is 2.17. The van der Waals surface area contributed by atoms with Crippen LogP contribution in [0.1, 0.15) is 0 Å². The van der Waals surface area contributed by atoms with Gasteiger partial charge in [-0.3, -0.25) is 9.64 Å². The molecule has 1 aliphatic rings. The summed E-state index contributed by atoms with van der Waals surface area (Å²) in [5, 5.41) is 7.56. The average Bonchev–Trinajstić information content (AvgIpc) is 2.41. The van der Waals surface area contributed by atoms with Crippen molar-refractivity contribution in [3.63, 3.8) is 0 Å². The van der Waals surface area contributed by atoms with Crippen molar-refractivity contribution in [1.82, 2.24) is 20.1 Å². The van der Waals surface area contributed by atoms with E-state index in [1.54, 1.807) is 0 Å². The molecular formula is C10H14ClF3N6O. The molecule has 0 amide bonds. The van der Waals surface area contributed by atoms with E-state index in [2.05, 4.69) is 19.9 Å². The molecule has 1 aliphatic heterocycles. The van der Waals surface area contributed by atoms with E-state index >= 15 is 0 Å². The fraction of sp³-hybridized carbons (Fsp3) is 0.700. The summed E-state index contributed by atoms with van der Waals surface area (Å²) in [6.07, 6.45) is -4.58. The van der Waals surface area contributed by atoms with Gasteiger partial charge >= 0.3 is 6.36 Å². The summed E-state index contributed by atoms with van der Waals surface area (Å²) in [4.78, 5) is 7.74. The summed E-state index contributed by atoms with van der Waals surface area (Å²) in [5.41, 5.74) is 5.56. The minimum Gasteiger partial charge on any atom is -0.381 e. The molecule has 118 valence electrons. The predicted molar refractivity (Wildman–Crippen MR) is 69.9 cm³/mol. The first-order chi connectivity index (χ1) is 9.85. The van der Waals surface area contributed by atoms with Crippen molar-refractivity contribution in [3.05, 3.63) is 5.15 Å². The highest BCUT2D eigenvalue weighted by Gasteiger charge is 2.29. The van der Waals surface area contributed by atoms with E-state index in [-0.39, 0.29) is 24.1 Å². The van der Waals surface area contributed by atoms with Gasteiger partial charge in [0.05, 0.1) is 6.61 Å². The number of ether oxygens (including phenoxy) is 1. The molecule has 0 radical (unpaired) electrons. The fourth-order valence-corrected chi connectivity index (χ4v) is 1.99. The fourth-order valence-electron chi connectivity index (χ4n) is 1.91. The number of piperazine rings is 1. The second-order valence-electron chi connectivity index (χ2n) is 4.41.